The highest BCUT2D eigenvalue weighted by molar-refractivity contribution is 4.89. The Balaban J connectivity index is 2.63. The summed E-state index contributed by atoms with van der Waals surface area (Å²) < 4.78 is 5.02. The molecule has 1 rings (SSSR count). The van der Waals surface area contributed by atoms with Crippen molar-refractivity contribution < 1.29 is 25.2 Å². The molecule has 0 aromatic rings. The molecule has 1 aliphatic heterocycles. The molecule has 0 aliphatic carbocycles. The number of rotatable bonds is 1. The lowest BCUT2D eigenvalue weighted by molar-refractivity contribution is -0.224. The maximum Gasteiger partial charge on any atom is 0.111 e. The lowest BCUT2D eigenvalue weighted by Gasteiger charge is -2.38. The van der Waals surface area contributed by atoms with Gasteiger partial charge in [0, 0.05) is 0 Å². The van der Waals surface area contributed by atoms with Gasteiger partial charge in [-0.05, 0) is 6.92 Å². The van der Waals surface area contributed by atoms with Crippen molar-refractivity contribution in [2.45, 2.75) is 37.4 Å². The van der Waals surface area contributed by atoms with E-state index < -0.39 is 30.5 Å². The quantitative estimate of drug-likeness (QED) is 0.367. The van der Waals surface area contributed by atoms with E-state index in [9.17, 15) is 15.3 Å². The molecule has 12 heavy (non-hydrogen) atoms. The summed E-state index contributed by atoms with van der Waals surface area (Å²) in [5.74, 6) is 0. The minimum atomic E-state index is -1.24. The normalized spacial score (nSPS) is 49.2. The molecule has 72 valence electrons. The summed E-state index contributed by atoms with van der Waals surface area (Å²) in [5.41, 5.74) is 0. The number of hydrogen-bond donors (Lipinski definition) is 4. The highest BCUT2D eigenvalue weighted by Gasteiger charge is 2.41. The lowest BCUT2D eigenvalue weighted by Crippen LogP contribution is -2.57. The molecule has 0 aromatic carbocycles. The summed E-state index contributed by atoms with van der Waals surface area (Å²) in [6.07, 6.45) is -4.94. The van der Waals surface area contributed by atoms with Crippen molar-refractivity contribution >= 4 is 0 Å². The first kappa shape index (κ1) is 9.88. The third-order valence-electron chi connectivity index (χ3n) is 2.13. The molecule has 0 radical (unpaired) electrons. The number of ether oxygens (including phenoxy) is 1. The Labute approximate surface area is 70.2 Å². The molecule has 0 aromatic heterocycles. The molecular weight excluding hydrogens is 164 g/mol. The monoisotopic (exact) mass is 178 g/mol. The molecule has 5 atom stereocenters. The van der Waals surface area contributed by atoms with Crippen LogP contribution in [0.15, 0.2) is 0 Å². The average Bonchev–Trinajstić information content (AvgIpc) is 2.08. The second-order valence-electron chi connectivity index (χ2n) is 3.03. The topological polar surface area (TPSA) is 90.2 Å². The molecule has 4 N–H and O–H groups in total. The van der Waals surface area contributed by atoms with Crippen LogP contribution in [-0.4, -0.2) is 57.6 Å². The smallest absolute Gasteiger partial charge is 0.111 e. The summed E-state index contributed by atoms with van der Waals surface area (Å²) >= 11 is 0. The van der Waals surface area contributed by atoms with Gasteiger partial charge in [0.1, 0.15) is 24.4 Å². The Morgan fingerprint density at radius 3 is 2.17 bits per heavy atom. The molecule has 0 spiro atoms. The summed E-state index contributed by atoms with van der Waals surface area (Å²) in [5, 5.41) is 36.4. The van der Waals surface area contributed by atoms with E-state index in [1.54, 1.807) is 6.92 Å². The van der Waals surface area contributed by atoms with Gasteiger partial charge in [0.2, 0.25) is 0 Å². The third kappa shape index (κ3) is 1.60. The van der Waals surface area contributed by atoms with Crippen LogP contribution in [0.1, 0.15) is 6.92 Å². The van der Waals surface area contributed by atoms with Crippen LogP contribution >= 0.6 is 0 Å². The van der Waals surface area contributed by atoms with Crippen molar-refractivity contribution in [1.82, 2.24) is 0 Å². The maximum absolute atomic E-state index is 9.23. The Morgan fingerprint density at radius 1 is 1.08 bits per heavy atom. The second-order valence-corrected chi connectivity index (χ2v) is 3.03. The summed E-state index contributed by atoms with van der Waals surface area (Å²) in [7, 11) is 0. The van der Waals surface area contributed by atoms with Crippen LogP contribution in [0, 0.1) is 0 Å². The zero-order chi connectivity index (χ0) is 9.30. The van der Waals surface area contributed by atoms with Crippen LogP contribution in [0.25, 0.3) is 0 Å². The molecule has 0 amide bonds. The Hall–Kier alpha value is -0.200. The van der Waals surface area contributed by atoms with Gasteiger partial charge in [-0.3, -0.25) is 0 Å². The SMILES string of the molecule is C[C@@H]1O[C@@H](CO)[C@H](O)C(O)C1O. The van der Waals surface area contributed by atoms with Crippen LogP contribution in [-0.2, 0) is 4.74 Å². The molecule has 5 nitrogen and oxygen atoms in total. The van der Waals surface area contributed by atoms with E-state index in [0.717, 1.165) is 0 Å². The standard InChI is InChI=1S/C7H14O5/c1-3-5(9)7(11)6(10)4(2-8)12-3/h3-11H,2H2,1H3/t3-,4-,5?,6-,7?/m0/s1. The van der Waals surface area contributed by atoms with Crippen LogP contribution in [0.2, 0.25) is 0 Å². The van der Waals surface area contributed by atoms with E-state index in [2.05, 4.69) is 0 Å². The first-order chi connectivity index (χ1) is 5.57. The van der Waals surface area contributed by atoms with E-state index >= 15 is 0 Å². The van der Waals surface area contributed by atoms with E-state index in [0.29, 0.717) is 0 Å². The van der Waals surface area contributed by atoms with Crippen molar-refractivity contribution in [3.05, 3.63) is 0 Å². The van der Waals surface area contributed by atoms with Gasteiger partial charge in [-0.1, -0.05) is 0 Å². The van der Waals surface area contributed by atoms with Crippen molar-refractivity contribution in [2.24, 2.45) is 0 Å². The fourth-order valence-corrected chi connectivity index (χ4v) is 1.29. The fourth-order valence-electron chi connectivity index (χ4n) is 1.29. The zero-order valence-corrected chi connectivity index (χ0v) is 6.79. The van der Waals surface area contributed by atoms with Crippen molar-refractivity contribution in [1.29, 1.82) is 0 Å². The molecule has 1 saturated heterocycles. The predicted octanol–water partition coefficient (Wildman–Crippen LogP) is -2.15. The van der Waals surface area contributed by atoms with Gasteiger partial charge in [-0.2, -0.15) is 0 Å². The van der Waals surface area contributed by atoms with Crippen molar-refractivity contribution in [3.63, 3.8) is 0 Å². The molecule has 0 saturated carbocycles. The molecule has 0 bridgehead atoms. The average molecular weight is 178 g/mol. The number of aliphatic hydroxyl groups excluding tert-OH is 4. The number of aliphatic hydroxyl groups is 4. The van der Waals surface area contributed by atoms with Crippen LogP contribution in [0.3, 0.4) is 0 Å². The van der Waals surface area contributed by atoms with Gasteiger partial charge in [0.05, 0.1) is 12.7 Å². The van der Waals surface area contributed by atoms with Crippen LogP contribution in [0.5, 0.6) is 0 Å². The van der Waals surface area contributed by atoms with E-state index in [1.165, 1.54) is 0 Å². The third-order valence-corrected chi connectivity index (χ3v) is 2.13. The van der Waals surface area contributed by atoms with Gasteiger partial charge in [0.15, 0.2) is 0 Å². The number of hydrogen-bond acceptors (Lipinski definition) is 5. The maximum atomic E-state index is 9.23. The molecule has 1 fully saturated rings. The summed E-state index contributed by atoms with van der Waals surface area (Å²) in [6.45, 7) is 1.21. The van der Waals surface area contributed by atoms with E-state index in [-0.39, 0.29) is 6.61 Å². The largest absolute Gasteiger partial charge is 0.394 e. The van der Waals surface area contributed by atoms with E-state index in [1.807, 2.05) is 0 Å². The Bertz CT molecular complexity index is 146. The highest BCUT2D eigenvalue weighted by atomic mass is 16.5. The van der Waals surface area contributed by atoms with E-state index in [4.69, 9.17) is 9.84 Å². The Morgan fingerprint density at radius 2 is 1.67 bits per heavy atom. The Kier molecular flexibility index (Phi) is 3.03. The van der Waals surface area contributed by atoms with Crippen LogP contribution < -0.4 is 0 Å². The highest BCUT2D eigenvalue weighted by Crippen LogP contribution is 2.20. The molecule has 5 heteroatoms. The van der Waals surface area contributed by atoms with Gasteiger partial charge in [-0.15, -0.1) is 0 Å². The molecular formula is C7H14O5. The van der Waals surface area contributed by atoms with Crippen molar-refractivity contribution in [2.75, 3.05) is 6.61 Å². The van der Waals surface area contributed by atoms with Gasteiger partial charge in [-0.25, -0.2) is 0 Å². The summed E-state index contributed by atoms with van der Waals surface area (Å²) in [4.78, 5) is 0. The summed E-state index contributed by atoms with van der Waals surface area (Å²) in [6, 6.07) is 0. The van der Waals surface area contributed by atoms with Gasteiger partial charge < -0.3 is 25.2 Å². The fraction of sp³-hybridized carbons (Fsp3) is 1.00. The zero-order valence-electron chi connectivity index (χ0n) is 6.79. The molecule has 2 unspecified atom stereocenters. The molecule has 1 aliphatic rings. The van der Waals surface area contributed by atoms with Gasteiger partial charge >= 0.3 is 0 Å². The minimum absolute atomic E-state index is 0.366. The lowest BCUT2D eigenvalue weighted by atomic mass is 9.96. The predicted molar refractivity (Wildman–Crippen MR) is 39.4 cm³/mol. The van der Waals surface area contributed by atoms with Gasteiger partial charge in [0.25, 0.3) is 0 Å². The van der Waals surface area contributed by atoms with Crippen LogP contribution in [0.4, 0.5) is 0 Å². The second kappa shape index (κ2) is 3.68. The molecule has 1 heterocycles. The first-order valence-corrected chi connectivity index (χ1v) is 3.88. The van der Waals surface area contributed by atoms with Crippen molar-refractivity contribution in [3.8, 4) is 0 Å². The first-order valence-electron chi connectivity index (χ1n) is 3.88. The minimum Gasteiger partial charge on any atom is -0.394 e.